The van der Waals surface area contributed by atoms with Gasteiger partial charge in [-0.25, -0.2) is 8.78 Å². The molecule has 0 N–H and O–H groups in total. The predicted molar refractivity (Wildman–Crippen MR) is 139 cm³/mol. The van der Waals surface area contributed by atoms with Crippen molar-refractivity contribution in [1.29, 1.82) is 0 Å². The minimum absolute atomic E-state index is 0.195. The van der Waals surface area contributed by atoms with Crippen molar-refractivity contribution in [2.45, 2.75) is 83.0 Å². The molecule has 1 aromatic carbocycles. The molecule has 1 atom stereocenters. The summed E-state index contributed by atoms with van der Waals surface area (Å²) in [7, 11) is 0. The van der Waals surface area contributed by atoms with Crippen LogP contribution < -0.4 is 10.3 Å². The quantitative estimate of drug-likeness (QED) is 0.420. The van der Waals surface area contributed by atoms with Crippen molar-refractivity contribution >= 4 is 16.6 Å². The second-order valence-corrected chi connectivity index (χ2v) is 11.1. The second kappa shape index (κ2) is 9.25. The van der Waals surface area contributed by atoms with E-state index in [0.717, 1.165) is 50.5 Å². The monoisotopic (exact) mass is 492 g/mol. The number of fused-ring (bicyclic) bond motifs is 1. The summed E-state index contributed by atoms with van der Waals surface area (Å²) in [5, 5.41) is 0.272. The van der Waals surface area contributed by atoms with Gasteiger partial charge in [0.15, 0.2) is 17.1 Å². The minimum Gasteiger partial charge on any atom is -0.369 e. The zero-order valence-electron chi connectivity index (χ0n) is 21.1. The van der Waals surface area contributed by atoms with E-state index in [-0.39, 0.29) is 28.9 Å². The highest BCUT2D eigenvalue weighted by Crippen LogP contribution is 2.39. The molecule has 0 spiro atoms. The number of pyridine rings is 2. The molecule has 2 saturated carbocycles. The Balaban J connectivity index is 1.28. The molecule has 7 heteroatoms. The summed E-state index contributed by atoms with van der Waals surface area (Å²) in [5.41, 5.74) is 3.32. The molecule has 3 heterocycles. The van der Waals surface area contributed by atoms with Crippen LogP contribution in [-0.2, 0) is 6.54 Å². The largest absolute Gasteiger partial charge is 0.369 e. The lowest BCUT2D eigenvalue weighted by molar-refractivity contribution is 0.128. The second-order valence-electron chi connectivity index (χ2n) is 11.1. The van der Waals surface area contributed by atoms with Crippen molar-refractivity contribution in [3.05, 3.63) is 69.8 Å². The Morgan fingerprint density at radius 1 is 1.08 bits per heavy atom. The van der Waals surface area contributed by atoms with Crippen molar-refractivity contribution in [3.8, 4) is 0 Å². The number of hydrogen-bond acceptors (Lipinski definition) is 4. The van der Waals surface area contributed by atoms with Gasteiger partial charge in [-0.1, -0.05) is 0 Å². The van der Waals surface area contributed by atoms with E-state index in [0.29, 0.717) is 23.5 Å². The zero-order valence-corrected chi connectivity index (χ0v) is 21.1. The van der Waals surface area contributed by atoms with Gasteiger partial charge in [-0.05, 0) is 70.6 Å². The highest BCUT2D eigenvalue weighted by Gasteiger charge is 2.31. The molecule has 190 valence electrons. The van der Waals surface area contributed by atoms with E-state index >= 15 is 0 Å². The molecule has 1 saturated heterocycles. The van der Waals surface area contributed by atoms with E-state index in [1.54, 1.807) is 0 Å². The maximum atomic E-state index is 14.1. The third-order valence-electron chi connectivity index (χ3n) is 8.10. The van der Waals surface area contributed by atoms with Gasteiger partial charge in [-0.3, -0.25) is 14.7 Å². The fourth-order valence-corrected chi connectivity index (χ4v) is 5.76. The molecule has 1 aliphatic heterocycles. The third-order valence-corrected chi connectivity index (χ3v) is 8.10. The molecular formula is C29H34F2N4O. The van der Waals surface area contributed by atoms with Crippen LogP contribution >= 0.6 is 0 Å². The average molecular weight is 493 g/mol. The number of piperidine rings is 1. The van der Waals surface area contributed by atoms with Crippen LogP contribution in [0.3, 0.4) is 0 Å². The standard InChI is InChI=1S/C29H34F2N4O/c1-18(2)34(23-4-3-11-33(17-23)22-9-10-27(32-14-22)19-5-6-19)15-20-16-35(21-7-8-21)28-13-26(31)25(30)12-24(28)29(20)36/h9-10,12-14,16,18-19,21,23H,3-8,11,15,17H2,1-2H3/t23-/m0/s1. The lowest BCUT2D eigenvalue weighted by Crippen LogP contribution is -2.50. The summed E-state index contributed by atoms with van der Waals surface area (Å²) < 4.78 is 30.2. The molecule has 0 unspecified atom stereocenters. The van der Waals surface area contributed by atoms with E-state index in [9.17, 15) is 13.6 Å². The highest BCUT2D eigenvalue weighted by molar-refractivity contribution is 5.80. The van der Waals surface area contributed by atoms with Crippen LogP contribution in [0.4, 0.5) is 14.5 Å². The molecule has 2 aromatic heterocycles. The molecule has 3 fully saturated rings. The molecule has 3 aliphatic rings. The van der Waals surface area contributed by atoms with Crippen molar-refractivity contribution in [2.24, 2.45) is 0 Å². The number of nitrogens with zero attached hydrogens (tertiary/aromatic N) is 4. The SMILES string of the molecule is CC(C)N(Cc1cn(C2CC2)c2cc(F)c(F)cc2c1=O)[C@H]1CCCN(c2ccc(C3CC3)nc2)C1. The third kappa shape index (κ3) is 4.54. The van der Waals surface area contributed by atoms with Gasteiger partial charge >= 0.3 is 0 Å². The molecule has 0 amide bonds. The fraction of sp³-hybridized carbons (Fsp3) is 0.517. The summed E-state index contributed by atoms with van der Waals surface area (Å²) in [6.07, 6.45) is 10.5. The predicted octanol–water partition coefficient (Wildman–Crippen LogP) is 5.77. The van der Waals surface area contributed by atoms with Crippen LogP contribution in [0.5, 0.6) is 0 Å². The molecule has 0 bridgehead atoms. The first kappa shape index (κ1) is 23.6. The number of anilines is 1. The number of rotatable bonds is 7. The highest BCUT2D eigenvalue weighted by atomic mass is 19.2. The Bertz CT molecular complexity index is 1330. The zero-order chi connectivity index (χ0) is 25.0. The van der Waals surface area contributed by atoms with Gasteiger partial charge < -0.3 is 9.47 Å². The number of aromatic nitrogens is 2. The van der Waals surface area contributed by atoms with E-state index in [2.05, 4.69) is 35.8 Å². The van der Waals surface area contributed by atoms with Gasteiger partial charge in [0.1, 0.15) is 0 Å². The molecule has 5 nitrogen and oxygen atoms in total. The average Bonchev–Trinajstić information content (AvgIpc) is 3.78. The van der Waals surface area contributed by atoms with Crippen LogP contribution in [0.25, 0.3) is 10.9 Å². The fourth-order valence-electron chi connectivity index (χ4n) is 5.76. The molecular weight excluding hydrogens is 458 g/mol. The van der Waals surface area contributed by atoms with Crippen LogP contribution in [0.15, 0.2) is 41.5 Å². The summed E-state index contributed by atoms with van der Waals surface area (Å²) in [6, 6.07) is 7.41. The van der Waals surface area contributed by atoms with E-state index < -0.39 is 11.6 Å². The first-order valence-electron chi connectivity index (χ1n) is 13.4. The molecule has 3 aromatic rings. The first-order valence-corrected chi connectivity index (χ1v) is 13.4. The molecule has 2 aliphatic carbocycles. The van der Waals surface area contributed by atoms with Gasteiger partial charge in [-0.2, -0.15) is 0 Å². The van der Waals surface area contributed by atoms with Gasteiger partial charge in [0.2, 0.25) is 0 Å². The van der Waals surface area contributed by atoms with Crippen molar-refractivity contribution < 1.29 is 8.78 Å². The number of hydrogen-bond donors (Lipinski definition) is 0. The maximum Gasteiger partial charge on any atom is 0.193 e. The first-order chi connectivity index (χ1) is 17.4. The van der Waals surface area contributed by atoms with Crippen LogP contribution in [0.1, 0.15) is 75.6 Å². The van der Waals surface area contributed by atoms with Crippen molar-refractivity contribution in [1.82, 2.24) is 14.5 Å². The lowest BCUT2D eigenvalue weighted by Gasteiger charge is -2.42. The van der Waals surface area contributed by atoms with Gasteiger partial charge in [-0.15, -0.1) is 0 Å². The lowest BCUT2D eigenvalue weighted by atomic mass is 10.0. The van der Waals surface area contributed by atoms with Crippen LogP contribution in [-0.4, -0.2) is 39.6 Å². The summed E-state index contributed by atoms with van der Waals surface area (Å²) in [4.78, 5) is 23.0. The molecule has 36 heavy (non-hydrogen) atoms. The Kier molecular flexibility index (Phi) is 6.06. The van der Waals surface area contributed by atoms with Gasteiger partial charge in [0.25, 0.3) is 0 Å². The maximum absolute atomic E-state index is 14.1. The van der Waals surface area contributed by atoms with Crippen LogP contribution in [0.2, 0.25) is 0 Å². The summed E-state index contributed by atoms with van der Waals surface area (Å²) in [5.74, 6) is -1.23. The summed E-state index contributed by atoms with van der Waals surface area (Å²) in [6.45, 7) is 6.71. The van der Waals surface area contributed by atoms with E-state index in [1.165, 1.54) is 24.6 Å². The summed E-state index contributed by atoms with van der Waals surface area (Å²) >= 11 is 0. The van der Waals surface area contributed by atoms with Crippen molar-refractivity contribution in [3.63, 3.8) is 0 Å². The van der Waals surface area contributed by atoms with Crippen molar-refractivity contribution in [2.75, 3.05) is 18.0 Å². The Labute approximate surface area is 210 Å². The number of halogens is 2. The smallest absolute Gasteiger partial charge is 0.193 e. The van der Waals surface area contributed by atoms with E-state index in [4.69, 9.17) is 4.98 Å². The molecule has 6 rings (SSSR count). The Morgan fingerprint density at radius 3 is 2.53 bits per heavy atom. The minimum atomic E-state index is -0.968. The normalized spacial score (nSPS) is 20.6. The van der Waals surface area contributed by atoms with Crippen LogP contribution in [0, 0.1) is 11.6 Å². The Morgan fingerprint density at radius 2 is 1.86 bits per heavy atom. The topological polar surface area (TPSA) is 41.4 Å². The van der Waals surface area contributed by atoms with Gasteiger partial charge in [0.05, 0.1) is 17.4 Å². The van der Waals surface area contributed by atoms with E-state index in [1.807, 2.05) is 17.0 Å². The molecule has 0 radical (unpaired) electrons. The van der Waals surface area contributed by atoms with Gasteiger partial charge in [0, 0.05) is 72.6 Å². The number of benzene rings is 1. The Hall–Kier alpha value is -2.80.